The molecule has 1 aliphatic heterocycles. The van der Waals surface area contributed by atoms with E-state index in [1.165, 1.54) is 4.90 Å². The van der Waals surface area contributed by atoms with E-state index in [1.54, 1.807) is 11.8 Å². The summed E-state index contributed by atoms with van der Waals surface area (Å²) >= 11 is 0. The van der Waals surface area contributed by atoms with Crippen LogP contribution in [-0.2, 0) is 4.79 Å². The van der Waals surface area contributed by atoms with Crippen molar-refractivity contribution in [1.29, 1.82) is 0 Å². The fourth-order valence-electron chi connectivity index (χ4n) is 3.94. The molecule has 0 unspecified atom stereocenters. The van der Waals surface area contributed by atoms with Crippen LogP contribution < -0.4 is 5.32 Å². The first kappa shape index (κ1) is 19.8. The molecular formula is C16H26F3N3O3. The largest absolute Gasteiger partial charge is 0.481 e. The summed E-state index contributed by atoms with van der Waals surface area (Å²) in [6.45, 7) is 3.37. The van der Waals surface area contributed by atoms with Crippen LogP contribution in [0, 0.1) is 11.3 Å². The lowest BCUT2D eigenvalue weighted by Gasteiger charge is -2.24. The van der Waals surface area contributed by atoms with E-state index in [0.29, 0.717) is 26.1 Å². The van der Waals surface area contributed by atoms with Gasteiger partial charge in [0.2, 0.25) is 0 Å². The second-order valence-electron chi connectivity index (χ2n) is 6.96. The summed E-state index contributed by atoms with van der Waals surface area (Å²) in [5, 5.41) is 12.2. The molecule has 0 aromatic carbocycles. The van der Waals surface area contributed by atoms with Gasteiger partial charge in [-0.2, -0.15) is 13.2 Å². The number of amides is 2. The standard InChI is InChI=1S/C16H26F3N3O3/c1-2-21(8-6-16(17,18)19)9-7-20-14(25)22-10-12-4-3-5-15(12,11-22)13(23)24/h12H,2-11H2,1H3,(H,20,25)(H,23,24)/t12-,15+/m0/s1. The van der Waals surface area contributed by atoms with Crippen molar-refractivity contribution in [2.45, 2.75) is 38.8 Å². The van der Waals surface area contributed by atoms with Crippen LogP contribution in [0.15, 0.2) is 0 Å². The number of fused-ring (bicyclic) bond motifs is 1. The summed E-state index contributed by atoms with van der Waals surface area (Å²) in [4.78, 5) is 27.0. The Hall–Kier alpha value is -1.51. The van der Waals surface area contributed by atoms with Crippen molar-refractivity contribution < 1.29 is 27.9 Å². The molecule has 2 amide bonds. The number of urea groups is 1. The molecule has 0 aromatic rings. The molecule has 2 aliphatic rings. The van der Waals surface area contributed by atoms with Crippen molar-refractivity contribution in [3.05, 3.63) is 0 Å². The fourth-order valence-corrected chi connectivity index (χ4v) is 3.94. The molecule has 0 aromatic heterocycles. The number of nitrogens with zero attached hydrogens (tertiary/aromatic N) is 2. The van der Waals surface area contributed by atoms with Gasteiger partial charge in [0.05, 0.1) is 11.8 Å². The SMILES string of the molecule is CCN(CCNC(=O)N1C[C@@H]2CCC[C@@]2(C(=O)O)C1)CCC(F)(F)F. The maximum Gasteiger partial charge on any atom is 0.390 e. The van der Waals surface area contributed by atoms with Gasteiger partial charge >= 0.3 is 18.2 Å². The third kappa shape index (κ3) is 4.77. The van der Waals surface area contributed by atoms with Crippen molar-refractivity contribution in [2.75, 3.05) is 39.3 Å². The molecule has 2 atom stereocenters. The molecule has 0 radical (unpaired) electrons. The summed E-state index contributed by atoms with van der Waals surface area (Å²) < 4.78 is 36.8. The minimum atomic E-state index is -4.19. The molecular weight excluding hydrogens is 339 g/mol. The topological polar surface area (TPSA) is 72.9 Å². The number of rotatable bonds is 7. The van der Waals surface area contributed by atoms with Crippen LogP contribution in [-0.4, -0.2) is 72.4 Å². The number of carboxylic acids is 1. The lowest BCUT2D eigenvalue weighted by Crippen LogP contribution is -2.44. The van der Waals surface area contributed by atoms with Crippen LogP contribution in [0.4, 0.5) is 18.0 Å². The van der Waals surface area contributed by atoms with E-state index in [4.69, 9.17) is 0 Å². The summed E-state index contributed by atoms with van der Waals surface area (Å²) in [7, 11) is 0. The van der Waals surface area contributed by atoms with Crippen molar-refractivity contribution in [1.82, 2.24) is 15.1 Å². The predicted molar refractivity (Wildman–Crippen MR) is 85.2 cm³/mol. The molecule has 0 spiro atoms. The minimum Gasteiger partial charge on any atom is -0.481 e. The van der Waals surface area contributed by atoms with E-state index in [1.807, 2.05) is 0 Å². The Morgan fingerprint density at radius 1 is 1.36 bits per heavy atom. The van der Waals surface area contributed by atoms with Crippen LogP contribution in [0.25, 0.3) is 0 Å². The first-order chi connectivity index (χ1) is 11.7. The Bertz CT molecular complexity index is 501. The van der Waals surface area contributed by atoms with Gasteiger partial charge in [-0.05, 0) is 25.3 Å². The quantitative estimate of drug-likeness (QED) is 0.725. The molecule has 1 aliphatic carbocycles. The lowest BCUT2D eigenvalue weighted by molar-refractivity contribution is -0.149. The van der Waals surface area contributed by atoms with E-state index < -0.39 is 24.0 Å². The Morgan fingerprint density at radius 2 is 2.08 bits per heavy atom. The lowest BCUT2D eigenvalue weighted by atomic mass is 9.81. The van der Waals surface area contributed by atoms with Gasteiger partial charge in [0.1, 0.15) is 0 Å². The molecule has 6 nitrogen and oxygen atoms in total. The fraction of sp³-hybridized carbons (Fsp3) is 0.875. The van der Waals surface area contributed by atoms with Gasteiger partial charge < -0.3 is 20.2 Å². The molecule has 1 saturated heterocycles. The van der Waals surface area contributed by atoms with Crippen molar-refractivity contribution in [3.63, 3.8) is 0 Å². The number of likely N-dealkylation sites (N-methyl/N-ethyl adjacent to an activating group) is 1. The van der Waals surface area contributed by atoms with E-state index >= 15 is 0 Å². The number of halogens is 3. The second-order valence-corrected chi connectivity index (χ2v) is 6.96. The van der Waals surface area contributed by atoms with Gasteiger partial charge in [-0.25, -0.2) is 4.79 Å². The van der Waals surface area contributed by atoms with Gasteiger partial charge in [0.15, 0.2) is 0 Å². The highest BCUT2D eigenvalue weighted by Crippen LogP contribution is 2.48. The third-order valence-electron chi connectivity index (χ3n) is 5.45. The number of carbonyl (C=O) groups is 2. The third-order valence-corrected chi connectivity index (χ3v) is 5.45. The highest BCUT2D eigenvalue weighted by atomic mass is 19.4. The molecule has 2 rings (SSSR count). The average Bonchev–Trinajstić information content (AvgIpc) is 3.07. The number of hydrogen-bond donors (Lipinski definition) is 2. The number of aliphatic carboxylic acids is 1. The highest BCUT2D eigenvalue weighted by Gasteiger charge is 2.55. The van der Waals surface area contributed by atoms with Crippen LogP contribution in [0.2, 0.25) is 0 Å². The first-order valence-electron chi connectivity index (χ1n) is 8.73. The van der Waals surface area contributed by atoms with Crippen molar-refractivity contribution in [3.8, 4) is 0 Å². The van der Waals surface area contributed by atoms with Crippen LogP contribution >= 0.6 is 0 Å². The summed E-state index contributed by atoms with van der Waals surface area (Å²) in [5.74, 6) is -0.843. The number of carboxylic acid groups (broad SMARTS) is 1. The molecule has 2 fully saturated rings. The van der Waals surface area contributed by atoms with E-state index in [2.05, 4.69) is 5.32 Å². The van der Waals surface area contributed by atoms with Crippen LogP contribution in [0.1, 0.15) is 32.6 Å². The summed E-state index contributed by atoms with van der Waals surface area (Å²) in [5.41, 5.74) is -0.820. The van der Waals surface area contributed by atoms with Gasteiger partial charge in [-0.3, -0.25) is 4.79 Å². The number of carbonyl (C=O) groups excluding carboxylic acids is 1. The second kappa shape index (κ2) is 7.80. The van der Waals surface area contributed by atoms with E-state index in [-0.39, 0.29) is 31.6 Å². The highest BCUT2D eigenvalue weighted by molar-refractivity contribution is 5.80. The molecule has 25 heavy (non-hydrogen) atoms. The molecule has 144 valence electrons. The predicted octanol–water partition coefficient (Wildman–Crippen LogP) is 2.16. The van der Waals surface area contributed by atoms with Gasteiger partial charge in [0.25, 0.3) is 0 Å². The van der Waals surface area contributed by atoms with Gasteiger partial charge in [-0.15, -0.1) is 0 Å². The zero-order valence-electron chi connectivity index (χ0n) is 14.4. The maximum absolute atomic E-state index is 12.3. The molecule has 9 heteroatoms. The Balaban J connectivity index is 1.76. The van der Waals surface area contributed by atoms with Crippen LogP contribution in [0.5, 0.6) is 0 Å². The Kier molecular flexibility index (Phi) is 6.18. The van der Waals surface area contributed by atoms with Crippen LogP contribution in [0.3, 0.4) is 0 Å². The summed E-state index contributed by atoms with van der Waals surface area (Å²) in [6.07, 6.45) is -2.77. The number of nitrogens with one attached hydrogen (secondary N) is 1. The first-order valence-corrected chi connectivity index (χ1v) is 8.73. The summed E-state index contributed by atoms with van der Waals surface area (Å²) in [6, 6.07) is -0.332. The molecule has 1 saturated carbocycles. The smallest absolute Gasteiger partial charge is 0.390 e. The number of hydrogen-bond acceptors (Lipinski definition) is 3. The van der Waals surface area contributed by atoms with Crippen molar-refractivity contribution in [2.24, 2.45) is 11.3 Å². The van der Waals surface area contributed by atoms with Gasteiger partial charge in [-0.1, -0.05) is 13.3 Å². The molecule has 0 bridgehead atoms. The monoisotopic (exact) mass is 365 g/mol. The minimum absolute atomic E-state index is 0.00493. The maximum atomic E-state index is 12.3. The van der Waals surface area contributed by atoms with Gasteiger partial charge in [0, 0.05) is 32.7 Å². The molecule has 2 N–H and O–H groups in total. The van der Waals surface area contributed by atoms with E-state index in [0.717, 1.165) is 12.8 Å². The number of likely N-dealkylation sites (tertiary alicyclic amines) is 1. The van der Waals surface area contributed by atoms with Crippen molar-refractivity contribution >= 4 is 12.0 Å². The Labute approximate surface area is 145 Å². The average molecular weight is 365 g/mol. The number of alkyl halides is 3. The zero-order chi connectivity index (χ0) is 18.7. The normalized spacial score (nSPS) is 26.1. The Morgan fingerprint density at radius 3 is 2.64 bits per heavy atom. The van der Waals surface area contributed by atoms with E-state index in [9.17, 15) is 27.9 Å². The zero-order valence-corrected chi connectivity index (χ0v) is 14.4. The molecule has 1 heterocycles.